The number of benzene rings is 1. The van der Waals surface area contributed by atoms with Gasteiger partial charge in [-0.25, -0.2) is 5.06 Å². The van der Waals surface area contributed by atoms with Gasteiger partial charge >= 0.3 is 0 Å². The van der Waals surface area contributed by atoms with Crippen molar-refractivity contribution in [2.75, 3.05) is 6.54 Å². The molecule has 1 atom stereocenters. The Labute approximate surface area is 141 Å². The molecule has 0 aliphatic heterocycles. The van der Waals surface area contributed by atoms with Crippen LogP contribution in [0.15, 0.2) is 73.0 Å². The second kappa shape index (κ2) is 6.81. The Hall–Kier alpha value is -2.72. The first-order valence-electron chi connectivity index (χ1n) is 7.94. The van der Waals surface area contributed by atoms with Crippen LogP contribution in [0, 0.1) is 5.41 Å². The smallest absolute Gasteiger partial charge is 0.286 e. The molecule has 4 heteroatoms. The van der Waals surface area contributed by atoms with E-state index in [2.05, 4.69) is 4.98 Å². The predicted molar refractivity (Wildman–Crippen MR) is 93.5 cm³/mol. The molecule has 1 unspecified atom stereocenters. The van der Waals surface area contributed by atoms with E-state index in [0.717, 1.165) is 22.6 Å². The predicted octanol–water partition coefficient (Wildman–Crippen LogP) is 4.10. The standard InChI is InChI=1S/C20H20N2O2/c1-20(11-6-3-7-12-20)15-22(24)19(23)18-14-17(10-13-21-18)16-8-4-2-5-9-16/h2-11,13-14,24H,12,15H2,1H3. The van der Waals surface area contributed by atoms with Gasteiger partial charge in [-0.3, -0.25) is 15.0 Å². The molecule has 1 aromatic heterocycles. The molecule has 3 rings (SSSR count). The normalized spacial score (nSPS) is 19.2. The summed E-state index contributed by atoms with van der Waals surface area (Å²) in [6, 6.07) is 13.3. The van der Waals surface area contributed by atoms with Gasteiger partial charge in [-0.15, -0.1) is 0 Å². The molecule has 1 aliphatic rings. The number of hydrogen-bond acceptors (Lipinski definition) is 3. The molecule has 0 radical (unpaired) electrons. The van der Waals surface area contributed by atoms with Gasteiger partial charge in [-0.05, 0) is 29.7 Å². The van der Waals surface area contributed by atoms with Gasteiger partial charge in [0.15, 0.2) is 0 Å². The zero-order valence-corrected chi connectivity index (χ0v) is 13.6. The van der Waals surface area contributed by atoms with Crippen LogP contribution >= 0.6 is 0 Å². The van der Waals surface area contributed by atoms with Crippen LogP contribution in [0.4, 0.5) is 0 Å². The van der Waals surface area contributed by atoms with Gasteiger partial charge in [0, 0.05) is 11.6 Å². The van der Waals surface area contributed by atoms with Crippen LogP contribution in [-0.4, -0.2) is 27.7 Å². The highest BCUT2D eigenvalue weighted by Crippen LogP contribution is 2.28. The van der Waals surface area contributed by atoms with E-state index in [0.29, 0.717) is 0 Å². The number of allylic oxidation sites excluding steroid dienone is 3. The number of pyridine rings is 1. The second-order valence-corrected chi connectivity index (χ2v) is 6.30. The monoisotopic (exact) mass is 320 g/mol. The number of rotatable bonds is 4. The molecule has 24 heavy (non-hydrogen) atoms. The third-order valence-corrected chi connectivity index (χ3v) is 4.16. The van der Waals surface area contributed by atoms with Gasteiger partial charge in [0.05, 0.1) is 6.54 Å². The maximum absolute atomic E-state index is 12.5. The van der Waals surface area contributed by atoms with Crippen molar-refractivity contribution in [1.29, 1.82) is 0 Å². The molecule has 1 N–H and O–H groups in total. The summed E-state index contributed by atoms with van der Waals surface area (Å²) in [4.78, 5) is 16.6. The molecule has 122 valence electrons. The molecule has 1 amide bonds. The molecular weight excluding hydrogens is 300 g/mol. The highest BCUT2D eigenvalue weighted by atomic mass is 16.5. The van der Waals surface area contributed by atoms with Crippen LogP contribution in [-0.2, 0) is 0 Å². The summed E-state index contributed by atoms with van der Waals surface area (Å²) in [5, 5.41) is 11.0. The Bertz CT molecular complexity index is 783. The van der Waals surface area contributed by atoms with Crippen molar-refractivity contribution >= 4 is 5.91 Å². The lowest BCUT2D eigenvalue weighted by atomic mass is 9.83. The van der Waals surface area contributed by atoms with Crippen molar-refractivity contribution in [2.45, 2.75) is 13.3 Å². The number of carbonyl (C=O) groups excluding carboxylic acids is 1. The number of hydrogen-bond donors (Lipinski definition) is 1. The quantitative estimate of drug-likeness (QED) is 0.681. The lowest BCUT2D eigenvalue weighted by Gasteiger charge is -2.30. The number of amides is 1. The first-order valence-corrected chi connectivity index (χ1v) is 7.94. The zero-order chi connectivity index (χ0) is 17.0. The SMILES string of the molecule is CC1(CN(O)C(=O)c2cc(-c3ccccc3)ccn2)C=CC=CC1. The van der Waals surface area contributed by atoms with E-state index >= 15 is 0 Å². The zero-order valence-electron chi connectivity index (χ0n) is 13.6. The highest BCUT2D eigenvalue weighted by molar-refractivity contribution is 5.92. The third kappa shape index (κ3) is 3.60. The minimum atomic E-state index is -0.489. The fourth-order valence-corrected chi connectivity index (χ4v) is 2.79. The molecule has 0 saturated carbocycles. The number of carbonyl (C=O) groups is 1. The topological polar surface area (TPSA) is 53.4 Å². The summed E-state index contributed by atoms with van der Waals surface area (Å²) in [6.07, 6.45) is 10.3. The maximum Gasteiger partial charge on any atom is 0.295 e. The second-order valence-electron chi connectivity index (χ2n) is 6.30. The molecule has 0 saturated heterocycles. The van der Waals surface area contributed by atoms with Crippen molar-refractivity contribution in [3.05, 3.63) is 78.7 Å². The van der Waals surface area contributed by atoms with E-state index in [1.165, 1.54) is 0 Å². The van der Waals surface area contributed by atoms with E-state index < -0.39 is 5.91 Å². The van der Waals surface area contributed by atoms with E-state index in [1.807, 2.05) is 67.6 Å². The van der Waals surface area contributed by atoms with Crippen molar-refractivity contribution in [2.24, 2.45) is 5.41 Å². The number of nitrogens with zero attached hydrogens (tertiary/aromatic N) is 2. The van der Waals surface area contributed by atoms with Gasteiger partial charge in [0.1, 0.15) is 5.69 Å². The van der Waals surface area contributed by atoms with Crippen molar-refractivity contribution in [3.8, 4) is 11.1 Å². The third-order valence-electron chi connectivity index (χ3n) is 4.16. The average Bonchev–Trinajstić information content (AvgIpc) is 2.62. The molecule has 0 spiro atoms. The van der Waals surface area contributed by atoms with Gasteiger partial charge in [-0.1, -0.05) is 61.6 Å². The Kier molecular flexibility index (Phi) is 4.58. The van der Waals surface area contributed by atoms with Crippen LogP contribution in [0.2, 0.25) is 0 Å². The van der Waals surface area contributed by atoms with Crippen LogP contribution < -0.4 is 0 Å². The Morgan fingerprint density at radius 1 is 1.21 bits per heavy atom. The van der Waals surface area contributed by atoms with Crippen LogP contribution in [0.25, 0.3) is 11.1 Å². The summed E-state index contributed by atoms with van der Waals surface area (Å²) in [5.74, 6) is -0.489. The Morgan fingerprint density at radius 2 is 2.00 bits per heavy atom. The molecule has 1 aliphatic carbocycles. The molecule has 1 heterocycles. The lowest BCUT2D eigenvalue weighted by Crippen LogP contribution is -2.37. The fourth-order valence-electron chi connectivity index (χ4n) is 2.79. The Balaban J connectivity index is 1.77. The fraction of sp³-hybridized carbons (Fsp3) is 0.200. The van der Waals surface area contributed by atoms with Gasteiger partial charge in [0.2, 0.25) is 0 Å². The van der Waals surface area contributed by atoms with E-state index in [4.69, 9.17) is 0 Å². The molecule has 4 nitrogen and oxygen atoms in total. The van der Waals surface area contributed by atoms with Gasteiger partial charge in [-0.2, -0.15) is 0 Å². The van der Waals surface area contributed by atoms with Gasteiger partial charge < -0.3 is 0 Å². The largest absolute Gasteiger partial charge is 0.295 e. The van der Waals surface area contributed by atoms with Crippen molar-refractivity contribution in [3.63, 3.8) is 0 Å². The first kappa shape index (κ1) is 16.1. The Morgan fingerprint density at radius 3 is 2.71 bits per heavy atom. The summed E-state index contributed by atoms with van der Waals surface area (Å²) in [6.45, 7) is 2.24. The first-order chi connectivity index (χ1) is 11.6. The minimum absolute atomic E-state index is 0.226. The molecule has 1 aromatic carbocycles. The minimum Gasteiger partial charge on any atom is -0.286 e. The van der Waals surface area contributed by atoms with E-state index in [1.54, 1.807) is 12.3 Å². The molecule has 0 fully saturated rings. The maximum atomic E-state index is 12.5. The number of hydroxylamine groups is 2. The molecule has 2 aromatic rings. The van der Waals surface area contributed by atoms with Crippen LogP contribution in [0.5, 0.6) is 0 Å². The van der Waals surface area contributed by atoms with Crippen molar-refractivity contribution in [1.82, 2.24) is 10.0 Å². The average molecular weight is 320 g/mol. The lowest BCUT2D eigenvalue weighted by molar-refractivity contribution is -0.0742. The summed E-state index contributed by atoms with van der Waals surface area (Å²) in [7, 11) is 0. The highest BCUT2D eigenvalue weighted by Gasteiger charge is 2.27. The van der Waals surface area contributed by atoms with Crippen molar-refractivity contribution < 1.29 is 10.0 Å². The summed E-state index contributed by atoms with van der Waals surface area (Å²) >= 11 is 0. The summed E-state index contributed by atoms with van der Waals surface area (Å²) < 4.78 is 0. The van der Waals surface area contributed by atoms with E-state index in [-0.39, 0.29) is 17.7 Å². The molecular formula is C20H20N2O2. The van der Waals surface area contributed by atoms with Crippen LogP contribution in [0.3, 0.4) is 0 Å². The molecule has 0 bridgehead atoms. The summed E-state index contributed by atoms with van der Waals surface area (Å²) in [5.41, 5.74) is 1.87. The van der Waals surface area contributed by atoms with E-state index in [9.17, 15) is 10.0 Å². The van der Waals surface area contributed by atoms with Crippen LogP contribution in [0.1, 0.15) is 23.8 Å². The van der Waals surface area contributed by atoms with Gasteiger partial charge in [0.25, 0.3) is 5.91 Å². The number of aromatic nitrogens is 1.